The molecule has 2 aliphatic carbocycles. The lowest BCUT2D eigenvalue weighted by Crippen LogP contribution is -2.31. The molecule has 0 radical (unpaired) electrons. The van der Waals surface area contributed by atoms with Gasteiger partial charge in [-0.3, -0.25) is 0 Å². The van der Waals surface area contributed by atoms with Gasteiger partial charge in [-0.05, 0) is 156 Å². The Morgan fingerprint density at radius 1 is 0.391 bits per heavy atom. The number of aryl methyl sites for hydroxylation is 2. The lowest BCUT2D eigenvalue weighted by Gasteiger charge is -2.39. The van der Waals surface area contributed by atoms with E-state index in [0.717, 1.165) is 35.5 Å². The van der Waals surface area contributed by atoms with Gasteiger partial charge in [0, 0.05) is 10.8 Å². The Morgan fingerprint density at radius 3 is 1.16 bits per heavy atom. The molecule has 2 aliphatic rings. The largest absolute Gasteiger partial charge is 0.0654 e. The second kappa shape index (κ2) is 23.1. The van der Waals surface area contributed by atoms with E-state index in [1.54, 1.807) is 22.3 Å². The first-order chi connectivity index (χ1) is 30.8. The molecule has 64 heavy (non-hydrogen) atoms. The van der Waals surface area contributed by atoms with Gasteiger partial charge in [-0.25, -0.2) is 0 Å². The fraction of sp³-hybridized carbons (Fsp3) is 0.625. The zero-order valence-electron chi connectivity index (χ0n) is 43.5. The van der Waals surface area contributed by atoms with Crippen molar-refractivity contribution in [2.75, 3.05) is 0 Å². The highest BCUT2D eigenvalue weighted by Crippen LogP contribution is 2.59. The smallest absolute Gasteiger partial charge is 0.0220 e. The van der Waals surface area contributed by atoms with E-state index in [1.807, 2.05) is 0 Å². The van der Waals surface area contributed by atoms with E-state index < -0.39 is 0 Å². The number of benzene rings is 4. The van der Waals surface area contributed by atoms with Crippen LogP contribution in [-0.2, 0) is 10.8 Å². The van der Waals surface area contributed by atoms with Crippen LogP contribution in [0.5, 0.6) is 0 Å². The Hall–Kier alpha value is -3.12. The Kier molecular flexibility index (Phi) is 18.1. The fourth-order valence-electron chi connectivity index (χ4n) is 12.7. The van der Waals surface area contributed by atoms with Crippen molar-refractivity contribution in [1.29, 1.82) is 0 Å². The first-order valence-electron chi connectivity index (χ1n) is 27.3. The lowest BCUT2D eigenvalue weighted by atomic mass is 9.64. The van der Waals surface area contributed by atoms with Crippen LogP contribution in [0.2, 0.25) is 0 Å². The molecule has 0 saturated carbocycles. The molecule has 0 aromatic heterocycles. The maximum atomic E-state index is 2.73. The summed E-state index contributed by atoms with van der Waals surface area (Å²) in [5.41, 5.74) is 18.3. The molecule has 0 saturated heterocycles. The molecule has 350 valence electrons. The molecule has 0 N–H and O–H groups in total. The topological polar surface area (TPSA) is 0 Å². The highest BCUT2D eigenvalue weighted by molar-refractivity contribution is 5.87. The zero-order valence-corrected chi connectivity index (χ0v) is 43.5. The molecule has 0 aliphatic heterocycles. The molecule has 0 amide bonds. The van der Waals surface area contributed by atoms with Crippen LogP contribution in [0.4, 0.5) is 0 Å². The molecule has 0 nitrogen and oxygen atoms in total. The molecule has 4 aromatic carbocycles. The molecule has 0 bridgehead atoms. The van der Waals surface area contributed by atoms with Crippen LogP contribution >= 0.6 is 0 Å². The Bertz CT molecular complexity index is 2030. The van der Waals surface area contributed by atoms with E-state index >= 15 is 0 Å². The molecule has 4 unspecified atom stereocenters. The van der Waals surface area contributed by atoms with Crippen LogP contribution in [-0.4, -0.2) is 0 Å². The molecule has 0 fully saturated rings. The van der Waals surface area contributed by atoms with Crippen LogP contribution < -0.4 is 0 Å². The van der Waals surface area contributed by atoms with Gasteiger partial charge in [0.2, 0.25) is 0 Å². The predicted molar refractivity (Wildman–Crippen MR) is 284 cm³/mol. The van der Waals surface area contributed by atoms with Crippen molar-refractivity contribution in [3.8, 4) is 33.4 Å². The van der Waals surface area contributed by atoms with Gasteiger partial charge in [0.25, 0.3) is 0 Å². The second-order valence-corrected chi connectivity index (χ2v) is 23.0. The van der Waals surface area contributed by atoms with Crippen molar-refractivity contribution in [3.05, 3.63) is 106 Å². The van der Waals surface area contributed by atoms with Crippen molar-refractivity contribution in [2.24, 2.45) is 35.5 Å². The molecular formula is C64H94. The summed E-state index contributed by atoms with van der Waals surface area (Å²) in [6.07, 6.45) is 26.2. The van der Waals surface area contributed by atoms with Crippen LogP contribution in [0.25, 0.3) is 33.4 Å². The maximum absolute atomic E-state index is 2.73. The van der Waals surface area contributed by atoms with Crippen molar-refractivity contribution in [2.45, 2.75) is 222 Å². The molecule has 0 spiro atoms. The summed E-state index contributed by atoms with van der Waals surface area (Å²) in [7, 11) is 0. The summed E-state index contributed by atoms with van der Waals surface area (Å²) in [6, 6.07) is 30.5. The third-order valence-electron chi connectivity index (χ3n) is 16.8. The van der Waals surface area contributed by atoms with Gasteiger partial charge in [-0.2, -0.15) is 0 Å². The quantitative estimate of drug-likeness (QED) is 0.0560. The second-order valence-electron chi connectivity index (χ2n) is 23.0. The van der Waals surface area contributed by atoms with Crippen LogP contribution in [0.3, 0.4) is 0 Å². The van der Waals surface area contributed by atoms with E-state index in [4.69, 9.17) is 0 Å². The SMILES string of the molecule is CCCCC(CC)CC1(CC(CC)CCCC)c2cc(C)ccc2-c2ccc(-c3ccc4c(c3)C(CCC(C)CCCC(C)C)(CCC(C)CCCC(C)C)c3cc(C)ccc3-4)cc21. The van der Waals surface area contributed by atoms with Crippen LogP contribution in [0.15, 0.2) is 72.8 Å². The first kappa shape index (κ1) is 50.3. The lowest BCUT2D eigenvalue weighted by molar-refractivity contribution is 0.266. The summed E-state index contributed by atoms with van der Waals surface area (Å²) < 4.78 is 0. The Balaban J connectivity index is 1.48. The van der Waals surface area contributed by atoms with E-state index in [1.165, 1.54) is 173 Å². The number of fused-ring (bicyclic) bond motifs is 6. The Labute approximate surface area is 395 Å². The summed E-state index contributed by atoms with van der Waals surface area (Å²) in [5.74, 6) is 4.52. The first-order valence-corrected chi connectivity index (χ1v) is 27.3. The normalized spacial score (nSPS) is 19.4. The average molecular weight is 863 g/mol. The molecule has 4 aromatic rings. The van der Waals surface area contributed by atoms with Crippen molar-refractivity contribution < 1.29 is 0 Å². The van der Waals surface area contributed by atoms with Gasteiger partial charge in [-0.1, -0.05) is 231 Å². The van der Waals surface area contributed by atoms with Gasteiger partial charge >= 0.3 is 0 Å². The van der Waals surface area contributed by atoms with Gasteiger partial charge in [0.15, 0.2) is 0 Å². The monoisotopic (exact) mass is 863 g/mol. The van der Waals surface area contributed by atoms with E-state index in [0.29, 0.717) is 0 Å². The summed E-state index contributed by atoms with van der Waals surface area (Å²) in [6.45, 7) is 29.0. The van der Waals surface area contributed by atoms with E-state index in [2.05, 4.69) is 156 Å². The highest BCUT2D eigenvalue weighted by atomic mass is 14.5. The van der Waals surface area contributed by atoms with Crippen LogP contribution in [0, 0.1) is 49.4 Å². The number of hydrogen-bond acceptors (Lipinski definition) is 0. The van der Waals surface area contributed by atoms with Gasteiger partial charge < -0.3 is 0 Å². The molecule has 0 heteroatoms. The zero-order chi connectivity index (χ0) is 46.0. The van der Waals surface area contributed by atoms with Gasteiger partial charge in [-0.15, -0.1) is 0 Å². The minimum absolute atomic E-state index is 0.0425. The predicted octanol–water partition coefficient (Wildman–Crippen LogP) is 20.2. The van der Waals surface area contributed by atoms with E-state index in [9.17, 15) is 0 Å². The van der Waals surface area contributed by atoms with Crippen molar-refractivity contribution >= 4 is 0 Å². The summed E-state index contributed by atoms with van der Waals surface area (Å²) in [4.78, 5) is 0. The number of rotatable bonds is 27. The number of unbranched alkanes of at least 4 members (excludes halogenated alkanes) is 2. The minimum Gasteiger partial charge on any atom is -0.0654 e. The standard InChI is InChI=1S/C64H94/c1-13-17-25-51(15-3)43-64(44-52(16-4)26-18-14-2)60-40-50(12)28-32-56(60)58-34-30-54(42-62(58)64)53-29-33-57-55-31-27-49(11)39-59(55)63(61(57)41-53,37-35-47(9)23-19-21-45(5)6)38-36-48(10)24-20-22-46(7)8/h27-34,39-42,45-48,51-52H,13-26,35-38,43-44H2,1-12H3. The molecule has 0 heterocycles. The van der Waals surface area contributed by atoms with Gasteiger partial charge in [0.05, 0.1) is 0 Å². The van der Waals surface area contributed by atoms with Crippen molar-refractivity contribution in [1.82, 2.24) is 0 Å². The summed E-state index contributed by atoms with van der Waals surface area (Å²) in [5, 5.41) is 0. The fourth-order valence-corrected chi connectivity index (χ4v) is 12.7. The third-order valence-corrected chi connectivity index (χ3v) is 16.8. The number of hydrogen-bond donors (Lipinski definition) is 0. The summed E-state index contributed by atoms with van der Waals surface area (Å²) >= 11 is 0. The third kappa shape index (κ3) is 11.5. The van der Waals surface area contributed by atoms with Crippen LogP contribution in [0.1, 0.15) is 231 Å². The molecule has 6 rings (SSSR count). The van der Waals surface area contributed by atoms with Crippen molar-refractivity contribution in [3.63, 3.8) is 0 Å². The highest BCUT2D eigenvalue weighted by Gasteiger charge is 2.46. The average Bonchev–Trinajstić information content (AvgIpc) is 3.69. The molecule has 4 atom stereocenters. The Morgan fingerprint density at radius 2 is 0.766 bits per heavy atom. The van der Waals surface area contributed by atoms with Gasteiger partial charge in [0.1, 0.15) is 0 Å². The van der Waals surface area contributed by atoms with E-state index in [-0.39, 0.29) is 10.8 Å². The molecular weight excluding hydrogens is 769 g/mol. The maximum Gasteiger partial charge on any atom is 0.0220 e. The minimum atomic E-state index is 0.0425.